The van der Waals surface area contributed by atoms with Gasteiger partial charge in [-0.1, -0.05) is 0 Å². The number of nitrogen functional groups attached to an aromatic ring is 1. The van der Waals surface area contributed by atoms with Gasteiger partial charge >= 0.3 is 0 Å². The number of nitrogens with two attached hydrogens (primary N) is 2. The lowest BCUT2D eigenvalue weighted by Crippen LogP contribution is -2.44. The van der Waals surface area contributed by atoms with E-state index < -0.39 is 5.91 Å². The number of nitrogens with one attached hydrogen (secondary N) is 1. The van der Waals surface area contributed by atoms with E-state index in [1.54, 1.807) is 12.3 Å². The number of amides is 1. The molecule has 24 heavy (non-hydrogen) atoms. The van der Waals surface area contributed by atoms with Crippen LogP contribution in [0.25, 0.3) is 21.7 Å². The molecule has 8 nitrogen and oxygen atoms in total. The van der Waals surface area contributed by atoms with E-state index in [4.69, 9.17) is 15.9 Å². The van der Waals surface area contributed by atoms with E-state index >= 15 is 0 Å². The highest BCUT2D eigenvalue weighted by Crippen LogP contribution is 2.39. The lowest BCUT2D eigenvalue weighted by atomic mass is 10.2. The summed E-state index contributed by atoms with van der Waals surface area (Å²) in [5.74, 6) is 0.622. The van der Waals surface area contributed by atoms with Crippen molar-refractivity contribution < 1.29 is 9.21 Å². The molecule has 1 aliphatic heterocycles. The van der Waals surface area contributed by atoms with Gasteiger partial charge in [0.05, 0.1) is 17.3 Å². The van der Waals surface area contributed by atoms with Gasteiger partial charge in [0.15, 0.2) is 5.76 Å². The third-order valence-electron chi connectivity index (χ3n) is 3.95. The maximum atomic E-state index is 11.6. The number of hydrogen-bond acceptors (Lipinski definition) is 8. The maximum Gasteiger partial charge on any atom is 0.260 e. The standard InChI is InChI=1S/C15H16N6O2S/c16-10-9-11(8-2-1-7-23-8)19-15(21-5-3-18-4-6-21)20-14(9)24-12(10)13(17)22/h1-2,7,18H,3-6,16H2,(H2,17,22). The Bertz CT molecular complexity index is 898. The molecule has 9 heteroatoms. The fraction of sp³-hybridized carbons (Fsp3) is 0.267. The van der Waals surface area contributed by atoms with Crippen LogP contribution >= 0.6 is 11.3 Å². The minimum absolute atomic E-state index is 0.296. The molecule has 0 unspecified atom stereocenters. The van der Waals surface area contributed by atoms with Crippen LogP contribution in [-0.2, 0) is 0 Å². The first-order chi connectivity index (χ1) is 11.6. The molecule has 1 saturated heterocycles. The molecule has 1 fully saturated rings. The number of rotatable bonds is 3. The molecule has 0 radical (unpaired) electrons. The predicted molar refractivity (Wildman–Crippen MR) is 93.1 cm³/mol. The molecule has 0 saturated carbocycles. The van der Waals surface area contributed by atoms with Crippen LogP contribution in [0.4, 0.5) is 11.6 Å². The summed E-state index contributed by atoms with van der Waals surface area (Å²) in [5, 5.41) is 3.91. The zero-order chi connectivity index (χ0) is 16.7. The highest BCUT2D eigenvalue weighted by molar-refractivity contribution is 7.21. The van der Waals surface area contributed by atoms with Gasteiger partial charge in [-0.05, 0) is 12.1 Å². The quantitative estimate of drug-likeness (QED) is 0.648. The van der Waals surface area contributed by atoms with Crippen molar-refractivity contribution in [3.63, 3.8) is 0 Å². The van der Waals surface area contributed by atoms with Crippen molar-refractivity contribution in [3.05, 3.63) is 23.3 Å². The molecule has 0 atom stereocenters. The number of primary amides is 1. The first-order valence-electron chi connectivity index (χ1n) is 7.54. The Hall–Kier alpha value is -2.65. The van der Waals surface area contributed by atoms with Crippen molar-refractivity contribution in [2.24, 2.45) is 5.73 Å². The van der Waals surface area contributed by atoms with Crippen molar-refractivity contribution >= 4 is 39.1 Å². The summed E-state index contributed by atoms with van der Waals surface area (Å²) in [5.41, 5.74) is 12.5. The number of carbonyl (C=O) groups is 1. The van der Waals surface area contributed by atoms with Gasteiger partial charge in [0.1, 0.15) is 15.4 Å². The van der Waals surface area contributed by atoms with E-state index in [1.807, 2.05) is 6.07 Å². The number of hydrogen-bond donors (Lipinski definition) is 3. The highest BCUT2D eigenvalue weighted by atomic mass is 32.1. The second-order valence-corrected chi connectivity index (χ2v) is 6.47. The summed E-state index contributed by atoms with van der Waals surface area (Å²) < 4.78 is 5.51. The van der Waals surface area contributed by atoms with Crippen molar-refractivity contribution in [1.29, 1.82) is 0 Å². The Labute approximate surface area is 141 Å². The molecule has 4 heterocycles. The van der Waals surface area contributed by atoms with Crippen LogP contribution in [0.5, 0.6) is 0 Å². The minimum Gasteiger partial charge on any atom is -0.463 e. The van der Waals surface area contributed by atoms with Crippen molar-refractivity contribution in [2.45, 2.75) is 0 Å². The van der Waals surface area contributed by atoms with E-state index in [-0.39, 0.29) is 0 Å². The monoisotopic (exact) mass is 344 g/mol. The second-order valence-electron chi connectivity index (χ2n) is 5.48. The lowest BCUT2D eigenvalue weighted by Gasteiger charge is -2.27. The summed E-state index contributed by atoms with van der Waals surface area (Å²) in [6.07, 6.45) is 1.57. The van der Waals surface area contributed by atoms with Crippen molar-refractivity contribution in [2.75, 3.05) is 36.8 Å². The maximum absolute atomic E-state index is 11.6. The number of anilines is 2. The summed E-state index contributed by atoms with van der Waals surface area (Å²) in [4.78, 5) is 23.9. The van der Waals surface area contributed by atoms with E-state index in [0.717, 1.165) is 26.2 Å². The molecule has 3 aromatic heterocycles. The fourth-order valence-corrected chi connectivity index (χ4v) is 3.73. The molecule has 0 bridgehead atoms. The van der Waals surface area contributed by atoms with Crippen molar-refractivity contribution in [3.8, 4) is 11.5 Å². The van der Waals surface area contributed by atoms with E-state index in [0.29, 0.717) is 38.2 Å². The number of fused-ring (bicyclic) bond motifs is 1. The van der Waals surface area contributed by atoms with Crippen LogP contribution in [0, 0.1) is 0 Å². The Morgan fingerprint density at radius 1 is 1.33 bits per heavy atom. The molecule has 0 aliphatic carbocycles. The molecule has 124 valence electrons. The molecule has 0 spiro atoms. The number of furan rings is 1. The first kappa shape index (κ1) is 14.9. The molecule has 1 aliphatic rings. The lowest BCUT2D eigenvalue weighted by molar-refractivity contribution is 0.100. The Balaban J connectivity index is 1.95. The number of thiophene rings is 1. The molecular weight excluding hydrogens is 328 g/mol. The normalized spacial score (nSPS) is 15.1. The van der Waals surface area contributed by atoms with E-state index in [9.17, 15) is 4.79 Å². The zero-order valence-corrected chi connectivity index (χ0v) is 13.6. The van der Waals surface area contributed by atoms with Crippen LogP contribution in [0.3, 0.4) is 0 Å². The van der Waals surface area contributed by atoms with Gasteiger partial charge < -0.3 is 26.1 Å². The number of carbonyl (C=O) groups excluding carboxylic acids is 1. The molecule has 4 rings (SSSR count). The van der Waals surface area contributed by atoms with Gasteiger partial charge in [-0.2, -0.15) is 0 Å². The van der Waals surface area contributed by atoms with Crippen LogP contribution in [0.2, 0.25) is 0 Å². The average molecular weight is 344 g/mol. The van der Waals surface area contributed by atoms with Gasteiger partial charge in [0.2, 0.25) is 5.95 Å². The summed E-state index contributed by atoms with van der Waals surface area (Å²) in [7, 11) is 0. The van der Waals surface area contributed by atoms with Gasteiger partial charge in [-0.3, -0.25) is 4.79 Å². The van der Waals surface area contributed by atoms with Crippen LogP contribution < -0.4 is 21.7 Å². The first-order valence-corrected chi connectivity index (χ1v) is 8.36. The molecular formula is C15H16N6O2S. The molecule has 3 aromatic rings. The van der Waals surface area contributed by atoms with Crippen molar-refractivity contribution in [1.82, 2.24) is 15.3 Å². The summed E-state index contributed by atoms with van der Waals surface area (Å²) >= 11 is 1.19. The highest BCUT2D eigenvalue weighted by Gasteiger charge is 2.24. The van der Waals surface area contributed by atoms with E-state index in [2.05, 4.69) is 20.2 Å². The van der Waals surface area contributed by atoms with Gasteiger partial charge in [0.25, 0.3) is 5.91 Å². The number of piperazine rings is 1. The summed E-state index contributed by atoms with van der Waals surface area (Å²) in [6.45, 7) is 3.37. The predicted octanol–water partition coefficient (Wildman–Crippen LogP) is 1.04. The molecule has 0 aromatic carbocycles. The smallest absolute Gasteiger partial charge is 0.260 e. The summed E-state index contributed by atoms with van der Waals surface area (Å²) in [6, 6.07) is 3.59. The Kier molecular flexibility index (Phi) is 3.58. The van der Waals surface area contributed by atoms with Crippen LogP contribution in [-0.4, -0.2) is 42.1 Å². The minimum atomic E-state index is -0.565. The van der Waals surface area contributed by atoms with Crippen LogP contribution in [0.1, 0.15) is 9.67 Å². The Morgan fingerprint density at radius 2 is 2.12 bits per heavy atom. The topological polar surface area (TPSA) is 123 Å². The third-order valence-corrected chi connectivity index (χ3v) is 5.07. The third kappa shape index (κ3) is 2.38. The largest absolute Gasteiger partial charge is 0.463 e. The van der Waals surface area contributed by atoms with Gasteiger partial charge in [-0.15, -0.1) is 11.3 Å². The molecule has 5 N–H and O–H groups in total. The zero-order valence-electron chi connectivity index (χ0n) is 12.8. The Morgan fingerprint density at radius 3 is 2.79 bits per heavy atom. The fourth-order valence-electron chi connectivity index (χ4n) is 2.79. The van der Waals surface area contributed by atoms with E-state index in [1.165, 1.54) is 11.3 Å². The molecule has 1 amide bonds. The van der Waals surface area contributed by atoms with Gasteiger partial charge in [0, 0.05) is 26.2 Å². The number of aromatic nitrogens is 2. The SMILES string of the molecule is NC(=O)c1sc2nc(N3CCNCC3)nc(-c3ccco3)c2c1N. The van der Waals surface area contributed by atoms with Gasteiger partial charge in [-0.25, -0.2) is 9.97 Å². The average Bonchev–Trinajstić information content (AvgIpc) is 3.23. The second kappa shape index (κ2) is 5.77. The number of nitrogens with zero attached hydrogens (tertiary/aromatic N) is 3. The van der Waals surface area contributed by atoms with Crippen LogP contribution in [0.15, 0.2) is 22.8 Å².